The van der Waals surface area contributed by atoms with Gasteiger partial charge in [0.05, 0.1) is 0 Å². The van der Waals surface area contributed by atoms with Crippen LogP contribution in [0, 0.1) is 0 Å². The summed E-state index contributed by atoms with van der Waals surface area (Å²) in [6, 6.07) is 0. The molecule has 0 saturated heterocycles. The van der Waals surface area contributed by atoms with Gasteiger partial charge in [-0.25, -0.2) is 0 Å². The van der Waals surface area contributed by atoms with Gasteiger partial charge in [-0.3, -0.25) is 0 Å². The molecule has 0 bridgehead atoms. The molecule has 0 amide bonds. The first-order chi connectivity index (χ1) is 2.24. The standard InChI is InChI=1S/Cl4STe/c1-6(2,3,4)5. The summed E-state index contributed by atoms with van der Waals surface area (Å²) in [6.07, 6.45) is 0. The van der Waals surface area contributed by atoms with E-state index in [1.54, 1.807) is 0 Å². The zero-order valence-corrected chi connectivity index (χ0v) is 8.50. The molecule has 40 valence electrons. The van der Waals surface area contributed by atoms with Crippen LogP contribution in [-0.2, 0) is 0 Å². The maximum atomic E-state index is 5.09. The van der Waals surface area contributed by atoms with E-state index < -0.39 is 10.4 Å². The summed E-state index contributed by atoms with van der Waals surface area (Å²) in [7, 11) is 20.5. The third-order valence-corrected chi connectivity index (χ3v) is 0. The van der Waals surface area contributed by atoms with E-state index in [0.29, 0.717) is 0 Å². The first kappa shape index (κ1) is 8.17. The van der Waals surface area contributed by atoms with Gasteiger partial charge in [-0.05, 0) is 0 Å². The van der Waals surface area contributed by atoms with Gasteiger partial charge in [0.2, 0.25) is 0 Å². The van der Waals surface area contributed by atoms with E-state index in [0.717, 1.165) is 0 Å². The van der Waals surface area contributed by atoms with Gasteiger partial charge >= 0.3 is 55.6 Å². The minimum atomic E-state index is -4.15. The second-order valence-electron chi connectivity index (χ2n) is 0.602. The molecule has 0 aromatic carbocycles. The number of hydrogen-bond donors (Lipinski definition) is 0. The quantitative estimate of drug-likeness (QED) is 0.620. The summed E-state index contributed by atoms with van der Waals surface area (Å²) in [6.45, 7) is 0. The summed E-state index contributed by atoms with van der Waals surface area (Å²) in [5, 5.41) is 0. The molecule has 6 heavy (non-hydrogen) atoms. The van der Waals surface area contributed by atoms with Crippen LogP contribution in [0.5, 0.6) is 0 Å². The molecular formula is Cl4STe. The molecule has 6 heteroatoms. The Kier molecular flexibility index (Phi) is 2.51. The predicted molar refractivity (Wildman–Crippen MR) is 36.8 cm³/mol. The Labute approximate surface area is 54.8 Å². The van der Waals surface area contributed by atoms with Crippen molar-refractivity contribution in [3.05, 3.63) is 0 Å². The van der Waals surface area contributed by atoms with E-state index in [1.165, 1.54) is 0 Å². The Balaban J connectivity index is 4.16. The van der Waals surface area contributed by atoms with Crippen molar-refractivity contribution < 1.29 is 0 Å². The SMILES string of the molecule is S=[Te](Cl)(Cl)(Cl)Cl. The van der Waals surface area contributed by atoms with E-state index in [1.807, 2.05) is 0 Å². The fourth-order valence-corrected chi connectivity index (χ4v) is 0. The van der Waals surface area contributed by atoms with Crippen LogP contribution in [0.3, 0.4) is 0 Å². The van der Waals surface area contributed by atoms with Crippen LogP contribution in [0.15, 0.2) is 0 Å². The molecule has 0 spiro atoms. The molecular weight excluding hydrogens is 301 g/mol. The Morgan fingerprint density at radius 2 is 1.00 bits per heavy atom. The Bertz CT molecular complexity index is 85.2. The van der Waals surface area contributed by atoms with E-state index in [4.69, 9.17) is 35.9 Å². The normalized spacial score (nSPS) is 19.0. The van der Waals surface area contributed by atoms with Crippen molar-refractivity contribution in [3.8, 4) is 0 Å². The molecule has 0 atom stereocenters. The van der Waals surface area contributed by atoms with E-state index in [2.05, 4.69) is 9.34 Å². The number of halogens is 4. The van der Waals surface area contributed by atoms with Crippen LogP contribution in [0.4, 0.5) is 0 Å². The van der Waals surface area contributed by atoms with E-state index in [9.17, 15) is 0 Å². The molecule has 0 rings (SSSR count). The van der Waals surface area contributed by atoms with Crippen LogP contribution in [-0.4, -0.2) is 10.4 Å². The molecule has 0 fully saturated rings. The minimum absolute atomic E-state index is 4.15. The Hall–Kier alpha value is 2.17. The molecule has 0 aliphatic heterocycles. The molecule has 0 aromatic heterocycles. The fraction of sp³-hybridized carbons (Fsp3) is 0. The van der Waals surface area contributed by atoms with E-state index >= 15 is 0 Å². The molecule has 0 aromatic rings. The maximum absolute atomic E-state index is 5.09. The molecule has 0 heterocycles. The Morgan fingerprint density at radius 1 is 1.00 bits per heavy atom. The molecule has 0 saturated carbocycles. The van der Waals surface area contributed by atoms with Gasteiger partial charge < -0.3 is 0 Å². The second-order valence-corrected chi connectivity index (χ2v) is 36.3. The van der Waals surface area contributed by atoms with Crippen molar-refractivity contribution in [1.82, 2.24) is 0 Å². The molecule has 0 N–H and O–H groups in total. The third kappa shape index (κ3) is 35.0. The topological polar surface area (TPSA) is 0 Å². The van der Waals surface area contributed by atoms with Crippen LogP contribution >= 0.6 is 45.2 Å². The summed E-state index contributed by atoms with van der Waals surface area (Å²) in [5.41, 5.74) is 0. The van der Waals surface area contributed by atoms with Crippen LogP contribution < -0.4 is 0 Å². The van der Waals surface area contributed by atoms with Crippen molar-refractivity contribution >= 4 is 55.6 Å². The summed E-state index contributed by atoms with van der Waals surface area (Å²) in [4.78, 5) is 0. The van der Waals surface area contributed by atoms with Gasteiger partial charge in [-0.15, -0.1) is 0 Å². The van der Waals surface area contributed by atoms with Crippen molar-refractivity contribution in [3.63, 3.8) is 0 Å². The molecule has 0 aliphatic carbocycles. The van der Waals surface area contributed by atoms with Crippen LogP contribution in [0.25, 0.3) is 0 Å². The van der Waals surface area contributed by atoms with E-state index in [-0.39, 0.29) is 0 Å². The fourth-order valence-electron chi connectivity index (χ4n) is 0. The zero-order chi connectivity index (χ0) is 5.45. The molecule has 0 nitrogen and oxygen atoms in total. The monoisotopic (exact) mass is 302 g/mol. The first-order valence-electron chi connectivity index (χ1n) is 0.784. The Morgan fingerprint density at radius 3 is 1.00 bits per heavy atom. The summed E-state index contributed by atoms with van der Waals surface area (Å²) in [5.74, 6) is 0. The third-order valence-electron chi connectivity index (χ3n) is 0. The second kappa shape index (κ2) is 1.84. The first-order valence-corrected chi connectivity index (χ1v) is 15.8. The van der Waals surface area contributed by atoms with Crippen LogP contribution in [0.2, 0.25) is 0 Å². The van der Waals surface area contributed by atoms with Crippen molar-refractivity contribution in [1.29, 1.82) is 0 Å². The van der Waals surface area contributed by atoms with Gasteiger partial charge in [0.15, 0.2) is 0 Å². The average molecular weight is 301 g/mol. The van der Waals surface area contributed by atoms with Gasteiger partial charge in [0.25, 0.3) is 0 Å². The molecule has 0 aliphatic rings. The van der Waals surface area contributed by atoms with Crippen molar-refractivity contribution in [2.75, 3.05) is 0 Å². The average Bonchev–Trinajstić information content (AvgIpc) is 0.650. The zero-order valence-electron chi connectivity index (χ0n) is 2.33. The van der Waals surface area contributed by atoms with Gasteiger partial charge in [-0.1, -0.05) is 0 Å². The van der Waals surface area contributed by atoms with Gasteiger partial charge in [-0.2, -0.15) is 0 Å². The predicted octanol–water partition coefficient (Wildman–Crippen LogP) is 3.03. The summed E-state index contributed by atoms with van der Waals surface area (Å²) >= 11 is 0. The number of hydrogen-bond acceptors (Lipinski definition) is 1. The molecule has 0 unspecified atom stereocenters. The number of rotatable bonds is 0. The summed E-state index contributed by atoms with van der Waals surface area (Å²) < 4.78 is 0. The van der Waals surface area contributed by atoms with Gasteiger partial charge in [0, 0.05) is 0 Å². The van der Waals surface area contributed by atoms with Crippen LogP contribution in [0.1, 0.15) is 0 Å². The van der Waals surface area contributed by atoms with Crippen molar-refractivity contribution in [2.45, 2.75) is 0 Å². The molecule has 0 radical (unpaired) electrons. The van der Waals surface area contributed by atoms with Crippen molar-refractivity contribution in [2.24, 2.45) is 0 Å². The van der Waals surface area contributed by atoms with Gasteiger partial charge in [0.1, 0.15) is 0 Å².